The molecule has 0 N–H and O–H groups in total. The quantitative estimate of drug-likeness (QED) is 0.649. The normalized spacial score (nSPS) is 53.7. The molecule has 1 nitrogen and oxygen atoms in total. The van der Waals surface area contributed by atoms with Gasteiger partial charge in [0.05, 0.1) is 0 Å². The van der Waals surface area contributed by atoms with Crippen molar-refractivity contribution in [2.45, 2.75) is 104 Å². The van der Waals surface area contributed by atoms with Gasteiger partial charge in [0.15, 0.2) is 0 Å². The van der Waals surface area contributed by atoms with Crippen molar-refractivity contribution in [2.75, 3.05) is 0 Å². The van der Waals surface area contributed by atoms with E-state index in [2.05, 4.69) is 32.6 Å². The van der Waals surface area contributed by atoms with Gasteiger partial charge in [-0.1, -0.05) is 40.5 Å². The van der Waals surface area contributed by atoms with E-state index in [1.165, 1.54) is 50.4 Å². The fraction of sp³-hybridized carbons (Fsp3) is 1.00. The van der Waals surface area contributed by atoms with Crippen LogP contribution in [0.4, 0.5) is 0 Å². The lowest BCUT2D eigenvalue weighted by atomic mass is 9.74. The molecule has 6 unspecified atom stereocenters. The minimum atomic E-state index is 0.853. The Hall–Kier alpha value is -0.0400. The van der Waals surface area contributed by atoms with Crippen molar-refractivity contribution in [3.63, 3.8) is 0 Å². The molecule has 1 heteroatoms. The molecule has 0 aromatic carbocycles. The molecule has 3 saturated carbocycles. The molecule has 4 rings (SSSR count). The smallest absolute Gasteiger partial charge is 0.0106 e. The van der Waals surface area contributed by atoms with Gasteiger partial charge < -0.3 is 0 Å². The van der Waals surface area contributed by atoms with Gasteiger partial charge in [0.1, 0.15) is 0 Å². The van der Waals surface area contributed by atoms with Crippen molar-refractivity contribution >= 4 is 0 Å². The summed E-state index contributed by atoms with van der Waals surface area (Å²) in [7, 11) is 0. The molecule has 0 aromatic rings. The monoisotopic (exact) mass is 303 g/mol. The summed E-state index contributed by atoms with van der Waals surface area (Å²) in [5.41, 5.74) is 0.853. The first-order valence-corrected chi connectivity index (χ1v) is 10.4. The van der Waals surface area contributed by atoms with Crippen molar-refractivity contribution in [3.8, 4) is 0 Å². The van der Waals surface area contributed by atoms with Crippen LogP contribution in [0.5, 0.6) is 0 Å². The fourth-order valence-electron chi connectivity index (χ4n) is 6.68. The van der Waals surface area contributed by atoms with E-state index in [0.29, 0.717) is 0 Å². The van der Waals surface area contributed by atoms with Gasteiger partial charge in [0.2, 0.25) is 0 Å². The molecule has 1 heterocycles. The zero-order valence-electron chi connectivity index (χ0n) is 15.4. The Morgan fingerprint density at radius 2 is 1.32 bits per heavy atom. The number of hydrogen-bond acceptors (Lipinski definition) is 1. The standard InChI is InChI=1S/C21H37N/c1-5-7-16-12-21(19-11-20(19)21)13-17(8-6-2)22(16)18-9-14(3)15(4)10-18/h14-20H,5-13H2,1-4H3. The number of likely N-dealkylation sites (tertiary alicyclic amines) is 1. The highest BCUT2D eigenvalue weighted by atomic mass is 15.2. The summed E-state index contributed by atoms with van der Waals surface area (Å²) < 4.78 is 0. The molecule has 4 aliphatic rings. The third kappa shape index (κ3) is 2.29. The van der Waals surface area contributed by atoms with Crippen LogP contribution >= 0.6 is 0 Å². The summed E-state index contributed by atoms with van der Waals surface area (Å²) >= 11 is 0. The Kier molecular flexibility index (Phi) is 3.87. The minimum Gasteiger partial charge on any atom is -0.294 e. The highest BCUT2D eigenvalue weighted by Crippen LogP contribution is 2.82. The van der Waals surface area contributed by atoms with Gasteiger partial charge in [-0.2, -0.15) is 0 Å². The van der Waals surface area contributed by atoms with Crippen molar-refractivity contribution in [2.24, 2.45) is 29.1 Å². The Morgan fingerprint density at radius 1 is 0.818 bits per heavy atom. The average Bonchev–Trinajstić information content (AvgIpc) is 3.35. The van der Waals surface area contributed by atoms with Crippen LogP contribution in [0.1, 0.15) is 85.5 Å². The average molecular weight is 304 g/mol. The summed E-state index contributed by atoms with van der Waals surface area (Å²) in [4.78, 5) is 3.09. The highest BCUT2D eigenvalue weighted by molar-refractivity contribution is 5.26. The Balaban J connectivity index is 1.54. The van der Waals surface area contributed by atoms with E-state index in [0.717, 1.165) is 35.4 Å². The predicted octanol–water partition coefficient (Wildman–Crippen LogP) is 5.49. The molecule has 1 spiro atoms. The second-order valence-corrected chi connectivity index (χ2v) is 9.50. The third-order valence-electron chi connectivity index (χ3n) is 8.16. The Labute approximate surface area is 138 Å². The van der Waals surface area contributed by atoms with E-state index >= 15 is 0 Å². The summed E-state index contributed by atoms with van der Waals surface area (Å²) in [6.07, 6.45) is 13.3. The molecule has 0 bridgehead atoms. The topological polar surface area (TPSA) is 3.24 Å². The van der Waals surface area contributed by atoms with Crippen molar-refractivity contribution in [1.29, 1.82) is 0 Å². The van der Waals surface area contributed by atoms with E-state index in [1.807, 2.05) is 0 Å². The molecule has 1 aliphatic heterocycles. The zero-order valence-corrected chi connectivity index (χ0v) is 15.4. The van der Waals surface area contributed by atoms with Crippen LogP contribution in [-0.2, 0) is 0 Å². The number of rotatable bonds is 5. The van der Waals surface area contributed by atoms with E-state index < -0.39 is 0 Å². The number of piperidine rings is 1. The second-order valence-electron chi connectivity index (χ2n) is 9.50. The molecule has 1 saturated heterocycles. The predicted molar refractivity (Wildman–Crippen MR) is 93.8 cm³/mol. The van der Waals surface area contributed by atoms with Gasteiger partial charge in [-0.15, -0.1) is 0 Å². The lowest BCUT2D eigenvalue weighted by Gasteiger charge is -2.51. The molecule has 0 aromatic heterocycles. The van der Waals surface area contributed by atoms with Crippen LogP contribution in [0.25, 0.3) is 0 Å². The number of hydrogen-bond donors (Lipinski definition) is 0. The first kappa shape index (κ1) is 15.5. The van der Waals surface area contributed by atoms with Crippen LogP contribution in [-0.4, -0.2) is 23.0 Å². The lowest BCUT2D eigenvalue weighted by molar-refractivity contribution is -0.0181. The van der Waals surface area contributed by atoms with Gasteiger partial charge in [0.25, 0.3) is 0 Å². The van der Waals surface area contributed by atoms with Crippen LogP contribution < -0.4 is 0 Å². The maximum atomic E-state index is 3.09. The van der Waals surface area contributed by atoms with E-state index in [4.69, 9.17) is 0 Å². The molecule has 4 fully saturated rings. The number of nitrogens with zero attached hydrogens (tertiary/aromatic N) is 1. The van der Waals surface area contributed by atoms with Crippen molar-refractivity contribution in [3.05, 3.63) is 0 Å². The molecule has 0 radical (unpaired) electrons. The first-order chi connectivity index (χ1) is 10.6. The Morgan fingerprint density at radius 3 is 1.68 bits per heavy atom. The van der Waals surface area contributed by atoms with Crippen LogP contribution in [0, 0.1) is 29.1 Å². The minimum absolute atomic E-state index is 0.853. The van der Waals surface area contributed by atoms with Gasteiger partial charge in [-0.05, 0) is 74.0 Å². The fourth-order valence-corrected chi connectivity index (χ4v) is 6.68. The summed E-state index contributed by atoms with van der Waals surface area (Å²) in [6.45, 7) is 9.80. The van der Waals surface area contributed by atoms with E-state index in [1.54, 1.807) is 19.3 Å². The summed E-state index contributed by atoms with van der Waals surface area (Å²) in [5, 5.41) is 0. The van der Waals surface area contributed by atoms with Crippen LogP contribution in [0.3, 0.4) is 0 Å². The van der Waals surface area contributed by atoms with Crippen molar-refractivity contribution < 1.29 is 0 Å². The molecule has 0 amide bonds. The zero-order chi connectivity index (χ0) is 15.5. The van der Waals surface area contributed by atoms with Gasteiger partial charge in [0, 0.05) is 18.1 Å². The van der Waals surface area contributed by atoms with E-state index in [-0.39, 0.29) is 0 Å². The van der Waals surface area contributed by atoms with Gasteiger partial charge in [-0.3, -0.25) is 4.90 Å². The number of fused-ring (bicyclic) bond motifs is 3. The summed E-state index contributed by atoms with van der Waals surface area (Å²) in [6, 6.07) is 2.75. The van der Waals surface area contributed by atoms with E-state index in [9.17, 15) is 0 Å². The third-order valence-corrected chi connectivity index (χ3v) is 8.16. The maximum Gasteiger partial charge on any atom is 0.0106 e. The molecule has 3 aliphatic carbocycles. The van der Waals surface area contributed by atoms with Crippen molar-refractivity contribution in [1.82, 2.24) is 4.90 Å². The highest BCUT2D eigenvalue weighted by Gasteiger charge is 2.77. The summed E-state index contributed by atoms with van der Waals surface area (Å²) in [5.74, 6) is 4.24. The largest absolute Gasteiger partial charge is 0.294 e. The maximum absolute atomic E-state index is 3.09. The molecule has 126 valence electrons. The molecular weight excluding hydrogens is 266 g/mol. The Bertz CT molecular complexity index is 380. The molecule has 6 atom stereocenters. The van der Waals surface area contributed by atoms with Crippen LogP contribution in [0.2, 0.25) is 0 Å². The second kappa shape index (κ2) is 5.50. The lowest BCUT2D eigenvalue weighted by Crippen LogP contribution is -2.55. The molecule has 22 heavy (non-hydrogen) atoms. The van der Waals surface area contributed by atoms with Crippen LogP contribution in [0.15, 0.2) is 0 Å². The van der Waals surface area contributed by atoms with Gasteiger partial charge in [-0.25, -0.2) is 0 Å². The molecular formula is C21H37N. The van der Waals surface area contributed by atoms with Gasteiger partial charge >= 0.3 is 0 Å². The SMILES string of the molecule is CCCC1CC2(CC(CCC)N1C1CC(C)C(C)C1)C1CC12. The first-order valence-electron chi connectivity index (χ1n) is 10.4.